The van der Waals surface area contributed by atoms with Crippen LogP contribution in [0, 0.1) is 5.82 Å². The van der Waals surface area contributed by atoms with Crippen molar-refractivity contribution in [2.45, 2.75) is 43.2 Å². The molecule has 1 spiro atoms. The lowest BCUT2D eigenvalue weighted by Crippen LogP contribution is -2.45. The quantitative estimate of drug-likeness (QED) is 0.738. The molecule has 7 heteroatoms. The first-order valence-corrected chi connectivity index (χ1v) is 9.80. The van der Waals surface area contributed by atoms with Crippen molar-refractivity contribution >= 4 is 17.6 Å². The largest absolute Gasteiger partial charge is 0.497 e. The van der Waals surface area contributed by atoms with Crippen LogP contribution in [-0.4, -0.2) is 30.6 Å². The fourth-order valence-electron chi connectivity index (χ4n) is 4.63. The monoisotopic (exact) mass is 397 g/mol. The molecule has 2 atom stereocenters. The van der Waals surface area contributed by atoms with E-state index in [1.807, 2.05) is 24.3 Å². The molecule has 29 heavy (non-hydrogen) atoms. The van der Waals surface area contributed by atoms with Gasteiger partial charge in [-0.25, -0.2) is 9.18 Å². The first kappa shape index (κ1) is 19.2. The molecule has 0 unspecified atom stereocenters. The number of halogens is 1. The minimum Gasteiger partial charge on any atom is -0.497 e. The van der Waals surface area contributed by atoms with Crippen molar-refractivity contribution in [2.24, 2.45) is 0 Å². The Morgan fingerprint density at radius 2 is 1.76 bits per heavy atom. The van der Waals surface area contributed by atoms with Gasteiger partial charge in [0.15, 0.2) is 0 Å². The minimum atomic E-state index is -0.693. The highest BCUT2D eigenvalue weighted by atomic mass is 19.1. The molecule has 1 saturated heterocycles. The van der Waals surface area contributed by atoms with Crippen molar-refractivity contribution in [1.82, 2.24) is 10.6 Å². The van der Waals surface area contributed by atoms with Crippen LogP contribution in [0.2, 0.25) is 0 Å². The molecule has 2 aliphatic rings. The average molecular weight is 397 g/mol. The normalized spacial score (nSPS) is 22.3. The molecule has 1 saturated carbocycles. The summed E-state index contributed by atoms with van der Waals surface area (Å²) in [4.78, 5) is 25.4. The number of ether oxygens (including phenoxy) is 1. The Hall–Kier alpha value is -3.09. The van der Waals surface area contributed by atoms with E-state index in [1.165, 1.54) is 24.3 Å². The molecule has 152 valence electrons. The second-order valence-electron chi connectivity index (χ2n) is 7.69. The van der Waals surface area contributed by atoms with Crippen molar-refractivity contribution in [3.8, 4) is 5.75 Å². The smallest absolute Gasteiger partial charge is 0.319 e. The van der Waals surface area contributed by atoms with E-state index in [4.69, 9.17) is 4.74 Å². The van der Waals surface area contributed by atoms with Gasteiger partial charge in [0, 0.05) is 17.1 Å². The van der Waals surface area contributed by atoms with Gasteiger partial charge in [-0.1, -0.05) is 25.0 Å². The number of amides is 3. The number of carbonyl (C=O) groups excluding carboxylic acids is 2. The predicted molar refractivity (Wildman–Crippen MR) is 107 cm³/mol. The topological polar surface area (TPSA) is 79.5 Å². The van der Waals surface area contributed by atoms with Gasteiger partial charge in [-0.15, -0.1) is 0 Å². The van der Waals surface area contributed by atoms with Gasteiger partial charge in [0.05, 0.1) is 7.11 Å². The molecule has 1 aliphatic carbocycles. The Bertz CT molecular complexity index is 893. The SMILES string of the molecule is COc1ccc([C@H]2[C@H](NC(=O)Nc3ccc(F)cc3)C(=O)NC23CCCC3)cc1. The van der Waals surface area contributed by atoms with E-state index in [2.05, 4.69) is 16.0 Å². The summed E-state index contributed by atoms with van der Waals surface area (Å²) in [5.41, 5.74) is 1.09. The molecule has 1 heterocycles. The van der Waals surface area contributed by atoms with Crippen LogP contribution in [0.15, 0.2) is 48.5 Å². The summed E-state index contributed by atoms with van der Waals surface area (Å²) < 4.78 is 18.3. The third-order valence-corrected chi connectivity index (χ3v) is 5.94. The highest BCUT2D eigenvalue weighted by molar-refractivity contribution is 5.96. The number of nitrogens with one attached hydrogen (secondary N) is 3. The van der Waals surface area contributed by atoms with Crippen LogP contribution in [0.3, 0.4) is 0 Å². The summed E-state index contributed by atoms with van der Waals surface area (Å²) in [6.45, 7) is 0. The standard InChI is InChI=1S/C22H24FN3O3/c1-29-17-10-4-14(5-11-17)18-19(20(27)26-22(18)12-2-3-13-22)25-21(28)24-16-8-6-15(23)7-9-16/h4-11,18-19H,2-3,12-13H2,1H3,(H,26,27)(H2,24,25,28)/t18-,19-/m0/s1. The summed E-state index contributed by atoms with van der Waals surface area (Å²) in [7, 11) is 1.61. The zero-order valence-electron chi connectivity index (χ0n) is 16.2. The van der Waals surface area contributed by atoms with E-state index in [0.29, 0.717) is 5.69 Å². The van der Waals surface area contributed by atoms with Crippen molar-refractivity contribution in [3.63, 3.8) is 0 Å². The maximum absolute atomic E-state index is 13.1. The van der Waals surface area contributed by atoms with Crippen molar-refractivity contribution in [2.75, 3.05) is 12.4 Å². The number of benzene rings is 2. The van der Waals surface area contributed by atoms with Crippen LogP contribution in [0.25, 0.3) is 0 Å². The molecule has 6 nitrogen and oxygen atoms in total. The second-order valence-corrected chi connectivity index (χ2v) is 7.69. The van der Waals surface area contributed by atoms with Gasteiger partial charge in [-0.05, 0) is 54.8 Å². The molecule has 2 aromatic rings. The van der Waals surface area contributed by atoms with Gasteiger partial charge in [0.25, 0.3) is 0 Å². The van der Waals surface area contributed by atoms with Crippen LogP contribution in [0.5, 0.6) is 5.75 Å². The first-order chi connectivity index (χ1) is 14.0. The Labute approximate surface area is 168 Å². The van der Waals surface area contributed by atoms with Crippen molar-refractivity contribution in [3.05, 3.63) is 59.9 Å². The highest BCUT2D eigenvalue weighted by Crippen LogP contribution is 2.47. The van der Waals surface area contributed by atoms with Crippen molar-refractivity contribution < 1.29 is 18.7 Å². The number of hydrogen-bond donors (Lipinski definition) is 3. The number of urea groups is 1. The minimum absolute atomic E-state index is 0.178. The molecular weight excluding hydrogens is 373 g/mol. The Morgan fingerprint density at radius 3 is 2.38 bits per heavy atom. The third kappa shape index (κ3) is 3.77. The van der Waals surface area contributed by atoms with Gasteiger partial charge >= 0.3 is 6.03 Å². The molecule has 4 rings (SSSR count). The average Bonchev–Trinajstić information content (AvgIpc) is 3.28. The van der Waals surface area contributed by atoms with Crippen LogP contribution < -0.4 is 20.7 Å². The predicted octanol–water partition coefficient (Wildman–Crippen LogP) is 3.55. The fraction of sp³-hybridized carbons (Fsp3) is 0.364. The second kappa shape index (κ2) is 7.73. The Kier molecular flexibility index (Phi) is 5.13. The molecule has 2 fully saturated rings. The summed E-state index contributed by atoms with van der Waals surface area (Å²) in [5, 5.41) is 8.67. The van der Waals surface area contributed by atoms with E-state index in [9.17, 15) is 14.0 Å². The number of rotatable bonds is 4. The molecule has 3 N–H and O–H groups in total. The van der Waals surface area contributed by atoms with E-state index in [1.54, 1.807) is 7.11 Å². The van der Waals surface area contributed by atoms with Crippen LogP contribution in [0.1, 0.15) is 37.2 Å². The summed E-state index contributed by atoms with van der Waals surface area (Å²) in [6, 6.07) is 12.0. The van der Waals surface area contributed by atoms with Crippen molar-refractivity contribution in [1.29, 1.82) is 0 Å². The van der Waals surface area contributed by atoms with Crippen LogP contribution in [0.4, 0.5) is 14.9 Å². The zero-order chi connectivity index (χ0) is 20.4. The molecular formula is C22H24FN3O3. The van der Waals surface area contributed by atoms with Crippen LogP contribution in [-0.2, 0) is 4.79 Å². The van der Waals surface area contributed by atoms with E-state index in [-0.39, 0.29) is 23.2 Å². The molecule has 2 aromatic carbocycles. The molecule has 1 aliphatic heterocycles. The Morgan fingerprint density at radius 1 is 1.10 bits per heavy atom. The summed E-state index contributed by atoms with van der Waals surface area (Å²) in [6.07, 6.45) is 3.85. The lowest BCUT2D eigenvalue weighted by molar-refractivity contribution is -0.121. The Balaban J connectivity index is 1.58. The molecule has 0 radical (unpaired) electrons. The third-order valence-electron chi connectivity index (χ3n) is 5.94. The van der Waals surface area contributed by atoms with E-state index in [0.717, 1.165) is 37.0 Å². The van der Waals surface area contributed by atoms with Gasteiger partial charge < -0.3 is 20.7 Å². The lowest BCUT2D eigenvalue weighted by atomic mass is 9.77. The highest BCUT2D eigenvalue weighted by Gasteiger charge is 2.55. The number of hydrogen-bond acceptors (Lipinski definition) is 3. The molecule has 0 bridgehead atoms. The fourth-order valence-corrected chi connectivity index (χ4v) is 4.63. The van der Waals surface area contributed by atoms with Gasteiger partial charge in [-0.2, -0.15) is 0 Å². The van der Waals surface area contributed by atoms with Gasteiger partial charge in [0.2, 0.25) is 5.91 Å². The number of carbonyl (C=O) groups is 2. The van der Waals surface area contributed by atoms with Gasteiger partial charge in [0.1, 0.15) is 17.6 Å². The van der Waals surface area contributed by atoms with Gasteiger partial charge in [-0.3, -0.25) is 4.79 Å². The molecule has 3 amide bonds. The summed E-state index contributed by atoms with van der Waals surface area (Å²) in [5.74, 6) is 0.00304. The first-order valence-electron chi connectivity index (χ1n) is 9.80. The van der Waals surface area contributed by atoms with E-state index >= 15 is 0 Å². The van der Waals surface area contributed by atoms with Crippen LogP contribution >= 0.6 is 0 Å². The summed E-state index contributed by atoms with van der Waals surface area (Å²) >= 11 is 0. The lowest BCUT2D eigenvalue weighted by Gasteiger charge is -2.33. The molecule has 0 aromatic heterocycles. The number of methoxy groups -OCH3 is 1. The maximum Gasteiger partial charge on any atom is 0.319 e. The van der Waals surface area contributed by atoms with E-state index < -0.39 is 12.1 Å². The maximum atomic E-state index is 13.1. The zero-order valence-corrected chi connectivity index (χ0v) is 16.2. The number of anilines is 1.